The molecule has 32 heavy (non-hydrogen) atoms. The Morgan fingerprint density at radius 1 is 0.938 bits per heavy atom. The molecule has 0 spiro atoms. The lowest BCUT2D eigenvalue weighted by atomic mass is 10.1. The molecule has 1 saturated heterocycles. The molecule has 3 amide bonds. The summed E-state index contributed by atoms with van der Waals surface area (Å²) in [5, 5.41) is 25.4. The lowest BCUT2D eigenvalue weighted by Gasteiger charge is -2.37. The average Bonchev–Trinajstić information content (AvgIpc) is 3.38. The number of nitrogens with one attached hydrogen (secondary N) is 2. The standard InChI is InChI=1S/C22H28N4O6/c27-18(21(30)24-9-4-8-23-20(29)16-7-14-32-15-16)19(28)22(31)26-12-10-25(11-13-26)17-5-2-1-3-6-17/h1-3,5-7,14-15,18-19,27-28H,4,8-13H2,(H,23,29)(H,24,30)/t18-,19-/m1/s1. The van der Waals surface area contributed by atoms with Crippen LogP contribution < -0.4 is 15.5 Å². The van der Waals surface area contributed by atoms with Gasteiger partial charge in [0.1, 0.15) is 6.26 Å². The summed E-state index contributed by atoms with van der Waals surface area (Å²) in [7, 11) is 0. The third-order valence-corrected chi connectivity index (χ3v) is 5.26. The number of aliphatic hydroxyl groups is 2. The van der Waals surface area contributed by atoms with Gasteiger partial charge in [-0.2, -0.15) is 0 Å². The van der Waals surface area contributed by atoms with Crippen LogP contribution in [0.25, 0.3) is 0 Å². The van der Waals surface area contributed by atoms with E-state index in [9.17, 15) is 24.6 Å². The molecule has 2 heterocycles. The Balaban J connectivity index is 1.35. The van der Waals surface area contributed by atoms with Crippen LogP contribution >= 0.6 is 0 Å². The van der Waals surface area contributed by atoms with Gasteiger partial charge in [0.25, 0.3) is 17.7 Å². The zero-order valence-corrected chi connectivity index (χ0v) is 17.6. The molecule has 4 N–H and O–H groups in total. The van der Waals surface area contributed by atoms with Crippen molar-refractivity contribution in [1.29, 1.82) is 0 Å². The van der Waals surface area contributed by atoms with Gasteiger partial charge in [0.2, 0.25) is 0 Å². The summed E-state index contributed by atoms with van der Waals surface area (Å²) in [6.45, 7) is 2.42. The monoisotopic (exact) mass is 444 g/mol. The summed E-state index contributed by atoms with van der Waals surface area (Å²) in [5.74, 6) is -1.80. The van der Waals surface area contributed by atoms with Gasteiger partial charge in [-0.1, -0.05) is 18.2 Å². The van der Waals surface area contributed by atoms with Gasteiger partial charge in [-0.25, -0.2) is 0 Å². The normalized spacial score (nSPS) is 15.7. The van der Waals surface area contributed by atoms with Crippen LogP contribution in [0.4, 0.5) is 5.69 Å². The first-order valence-electron chi connectivity index (χ1n) is 10.5. The number of para-hydroxylation sites is 1. The molecule has 1 aromatic heterocycles. The van der Waals surface area contributed by atoms with Gasteiger partial charge in [-0.05, 0) is 24.6 Å². The Morgan fingerprint density at radius 3 is 2.28 bits per heavy atom. The molecule has 3 rings (SSSR count). The highest BCUT2D eigenvalue weighted by atomic mass is 16.3. The molecule has 10 nitrogen and oxygen atoms in total. The Hall–Kier alpha value is -3.37. The molecule has 0 radical (unpaired) electrons. The summed E-state index contributed by atoms with van der Waals surface area (Å²) in [4.78, 5) is 39.9. The molecule has 0 bridgehead atoms. The third-order valence-electron chi connectivity index (χ3n) is 5.26. The van der Waals surface area contributed by atoms with Crippen LogP contribution in [0.5, 0.6) is 0 Å². The maximum absolute atomic E-state index is 12.5. The van der Waals surface area contributed by atoms with E-state index in [-0.39, 0.29) is 12.5 Å². The number of hydrogen-bond donors (Lipinski definition) is 4. The third kappa shape index (κ3) is 6.08. The van der Waals surface area contributed by atoms with Gasteiger partial charge >= 0.3 is 0 Å². The highest BCUT2D eigenvalue weighted by Crippen LogP contribution is 2.16. The maximum atomic E-state index is 12.5. The van der Waals surface area contributed by atoms with Crippen molar-refractivity contribution in [2.45, 2.75) is 18.6 Å². The SMILES string of the molecule is O=C(NCCCNC(=O)[C@H](O)[C@@H](O)C(=O)N1CCN(c2ccccc2)CC1)c1ccoc1. The van der Waals surface area contributed by atoms with Crippen LogP contribution in [0.1, 0.15) is 16.8 Å². The second-order valence-electron chi connectivity index (χ2n) is 7.45. The number of carbonyl (C=O) groups is 3. The van der Waals surface area contributed by atoms with E-state index in [0.29, 0.717) is 44.7 Å². The minimum Gasteiger partial charge on any atom is -0.472 e. The number of benzene rings is 1. The predicted molar refractivity (Wildman–Crippen MR) is 116 cm³/mol. The van der Waals surface area contributed by atoms with Crippen molar-refractivity contribution in [3.63, 3.8) is 0 Å². The zero-order chi connectivity index (χ0) is 22.9. The number of piperazine rings is 1. The van der Waals surface area contributed by atoms with Crippen molar-refractivity contribution in [1.82, 2.24) is 15.5 Å². The lowest BCUT2D eigenvalue weighted by Crippen LogP contribution is -2.55. The van der Waals surface area contributed by atoms with E-state index in [1.54, 1.807) is 0 Å². The number of aliphatic hydroxyl groups excluding tert-OH is 2. The van der Waals surface area contributed by atoms with Gasteiger partial charge in [0.15, 0.2) is 12.2 Å². The molecule has 2 aromatic rings. The lowest BCUT2D eigenvalue weighted by molar-refractivity contribution is -0.153. The fraction of sp³-hybridized carbons (Fsp3) is 0.409. The number of amides is 3. The van der Waals surface area contributed by atoms with Crippen LogP contribution in [0.15, 0.2) is 53.3 Å². The molecule has 1 fully saturated rings. The molecular weight excluding hydrogens is 416 g/mol. The predicted octanol–water partition coefficient (Wildman–Crippen LogP) is -0.414. The summed E-state index contributed by atoms with van der Waals surface area (Å²) >= 11 is 0. The van der Waals surface area contributed by atoms with Gasteiger partial charge < -0.3 is 35.1 Å². The van der Waals surface area contributed by atoms with Crippen molar-refractivity contribution < 1.29 is 29.0 Å². The molecule has 0 aliphatic carbocycles. The number of hydrogen-bond acceptors (Lipinski definition) is 7. The van der Waals surface area contributed by atoms with Crippen molar-refractivity contribution in [2.75, 3.05) is 44.2 Å². The van der Waals surface area contributed by atoms with Crippen molar-refractivity contribution in [3.05, 3.63) is 54.5 Å². The van der Waals surface area contributed by atoms with Crippen LogP contribution in [0.3, 0.4) is 0 Å². The Kier molecular flexibility index (Phi) is 8.23. The quantitative estimate of drug-likeness (QED) is 0.386. The van der Waals surface area contributed by atoms with E-state index in [2.05, 4.69) is 15.5 Å². The van der Waals surface area contributed by atoms with Crippen LogP contribution in [-0.2, 0) is 9.59 Å². The largest absolute Gasteiger partial charge is 0.472 e. The number of anilines is 1. The molecule has 0 unspecified atom stereocenters. The molecule has 1 aliphatic rings. The molecule has 1 aromatic carbocycles. The molecule has 172 valence electrons. The zero-order valence-electron chi connectivity index (χ0n) is 17.6. The first-order valence-corrected chi connectivity index (χ1v) is 10.5. The first-order chi connectivity index (χ1) is 15.5. The molecule has 1 aliphatic heterocycles. The fourth-order valence-corrected chi connectivity index (χ4v) is 3.39. The van der Waals surface area contributed by atoms with E-state index >= 15 is 0 Å². The van der Waals surface area contributed by atoms with Crippen LogP contribution in [0, 0.1) is 0 Å². The highest BCUT2D eigenvalue weighted by Gasteiger charge is 2.34. The molecular formula is C22H28N4O6. The van der Waals surface area contributed by atoms with Crippen molar-refractivity contribution >= 4 is 23.4 Å². The summed E-state index contributed by atoms with van der Waals surface area (Å²) in [6.07, 6.45) is -0.568. The average molecular weight is 444 g/mol. The number of rotatable bonds is 9. The van der Waals surface area contributed by atoms with Gasteiger partial charge in [0.05, 0.1) is 11.8 Å². The second kappa shape index (κ2) is 11.3. The van der Waals surface area contributed by atoms with E-state index in [4.69, 9.17) is 4.42 Å². The molecule has 2 atom stereocenters. The van der Waals surface area contributed by atoms with Gasteiger partial charge in [-0.15, -0.1) is 0 Å². The molecule has 0 saturated carbocycles. The minimum absolute atomic E-state index is 0.165. The van der Waals surface area contributed by atoms with E-state index in [1.807, 2.05) is 30.3 Å². The number of nitrogens with zero attached hydrogens (tertiary/aromatic N) is 2. The number of carbonyl (C=O) groups excluding carboxylic acids is 3. The van der Waals surface area contributed by atoms with Crippen LogP contribution in [-0.4, -0.2) is 84.3 Å². The fourth-order valence-electron chi connectivity index (χ4n) is 3.39. The Morgan fingerprint density at radius 2 is 1.62 bits per heavy atom. The first kappa shape index (κ1) is 23.3. The van der Waals surface area contributed by atoms with Gasteiger partial charge in [-0.3, -0.25) is 14.4 Å². The summed E-state index contributed by atoms with van der Waals surface area (Å²) in [6, 6.07) is 11.3. The maximum Gasteiger partial charge on any atom is 0.254 e. The molecule has 10 heteroatoms. The van der Waals surface area contributed by atoms with E-state index < -0.39 is 24.0 Å². The Bertz CT molecular complexity index is 881. The minimum atomic E-state index is -1.87. The van der Waals surface area contributed by atoms with Crippen LogP contribution in [0.2, 0.25) is 0 Å². The van der Waals surface area contributed by atoms with Gasteiger partial charge in [0, 0.05) is 45.0 Å². The second-order valence-corrected chi connectivity index (χ2v) is 7.45. The Labute approximate surface area is 185 Å². The highest BCUT2D eigenvalue weighted by molar-refractivity contribution is 5.93. The van der Waals surface area contributed by atoms with Crippen molar-refractivity contribution in [2.24, 2.45) is 0 Å². The topological polar surface area (TPSA) is 135 Å². The smallest absolute Gasteiger partial charge is 0.254 e. The summed E-state index contributed by atoms with van der Waals surface area (Å²) in [5.41, 5.74) is 1.45. The van der Waals surface area contributed by atoms with E-state index in [0.717, 1.165) is 5.69 Å². The number of furan rings is 1. The summed E-state index contributed by atoms with van der Waals surface area (Å²) < 4.78 is 4.83. The van der Waals surface area contributed by atoms with E-state index in [1.165, 1.54) is 23.5 Å². The van der Waals surface area contributed by atoms with Crippen molar-refractivity contribution in [3.8, 4) is 0 Å².